The number of rotatable bonds is 3. The molecule has 0 fully saturated rings. The van der Waals surface area contributed by atoms with Crippen molar-refractivity contribution < 1.29 is 9.84 Å². The molecule has 0 amide bonds. The predicted octanol–water partition coefficient (Wildman–Crippen LogP) is 4.23. The lowest BCUT2D eigenvalue weighted by Crippen LogP contribution is -2.37. The first-order chi connectivity index (χ1) is 17.8. The summed E-state index contributed by atoms with van der Waals surface area (Å²) < 4.78 is 10.2. The van der Waals surface area contributed by atoms with E-state index in [0.29, 0.717) is 33.6 Å². The third-order valence-corrected chi connectivity index (χ3v) is 7.20. The third kappa shape index (κ3) is 3.22. The van der Waals surface area contributed by atoms with Gasteiger partial charge in [-0.2, -0.15) is 0 Å². The molecule has 8 heteroatoms. The Bertz CT molecular complexity index is 1830. The molecule has 0 radical (unpaired) electrons. The summed E-state index contributed by atoms with van der Waals surface area (Å²) in [5, 5.41) is 15.0. The van der Waals surface area contributed by atoms with Crippen molar-refractivity contribution >= 4 is 16.6 Å². The van der Waals surface area contributed by atoms with Crippen LogP contribution in [-0.4, -0.2) is 25.9 Å². The topological polar surface area (TPSA) is 90.4 Å². The molecule has 0 bridgehead atoms. The van der Waals surface area contributed by atoms with Crippen LogP contribution in [0.15, 0.2) is 76.3 Å². The summed E-state index contributed by atoms with van der Waals surface area (Å²) >= 11 is 0. The van der Waals surface area contributed by atoms with E-state index in [0.717, 1.165) is 27.1 Å². The smallest absolute Gasteiger partial charge is 0.331 e. The number of anilines is 1. The van der Waals surface area contributed by atoms with Gasteiger partial charge in [0.25, 0.3) is 5.56 Å². The molecule has 1 aliphatic heterocycles. The highest BCUT2D eigenvalue weighted by molar-refractivity contribution is 5.99. The summed E-state index contributed by atoms with van der Waals surface area (Å²) in [7, 11) is 4.74. The molecule has 3 aromatic carbocycles. The first kappa shape index (κ1) is 22.7. The number of hydrogen-bond acceptors (Lipinski definition) is 5. The Morgan fingerprint density at radius 3 is 2.41 bits per heavy atom. The summed E-state index contributed by atoms with van der Waals surface area (Å²) in [5.74, 6) is 0.656. The van der Waals surface area contributed by atoms with Gasteiger partial charge in [0.15, 0.2) is 0 Å². The van der Waals surface area contributed by atoms with Crippen molar-refractivity contribution in [3.63, 3.8) is 0 Å². The number of hydrogen-bond donors (Lipinski definition) is 2. The number of ether oxygens (including phenoxy) is 1. The quantitative estimate of drug-likeness (QED) is 0.392. The van der Waals surface area contributed by atoms with Crippen molar-refractivity contribution in [1.82, 2.24) is 13.7 Å². The van der Waals surface area contributed by atoms with E-state index in [-0.39, 0.29) is 11.3 Å². The molecule has 37 heavy (non-hydrogen) atoms. The van der Waals surface area contributed by atoms with E-state index >= 15 is 0 Å². The number of para-hydroxylation sites is 2. The summed E-state index contributed by atoms with van der Waals surface area (Å²) in [4.78, 5) is 26.9. The molecule has 2 N–H and O–H groups in total. The van der Waals surface area contributed by atoms with Crippen LogP contribution in [0.1, 0.15) is 22.9 Å². The minimum atomic E-state index is -0.579. The van der Waals surface area contributed by atoms with Gasteiger partial charge in [-0.3, -0.25) is 13.9 Å². The number of fused-ring (bicyclic) bond motifs is 5. The molecule has 0 spiro atoms. The van der Waals surface area contributed by atoms with Crippen LogP contribution in [0.3, 0.4) is 0 Å². The lowest BCUT2D eigenvalue weighted by atomic mass is 9.98. The van der Waals surface area contributed by atoms with Gasteiger partial charge in [0.05, 0.1) is 46.8 Å². The van der Waals surface area contributed by atoms with Gasteiger partial charge in [0, 0.05) is 19.7 Å². The van der Waals surface area contributed by atoms with Crippen LogP contribution in [0.5, 0.6) is 11.5 Å². The van der Waals surface area contributed by atoms with E-state index in [9.17, 15) is 14.7 Å². The van der Waals surface area contributed by atoms with Crippen LogP contribution in [-0.2, 0) is 14.1 Å². The predicted molar refractivity (Wildman–Crippen MR) is 144 cm³/mol. The maximum absolute atomic E-state index is 13.7. The summed E-state index contributed by atoms with van der Waals surface area (Å²) in [6.45, 7) is 2.01. The van der Waals surface area contributed by atoms with Gasteiger partial charge in [-0.1, -0.05) is 42.0 Å². The van der Waals surface area contributed by atoms with Crippen molar-refractivity contribution in [3.8, 4) is 28.4 Å². The van der Waals surface area contributed by atoms with Gasteiger partial charge in [0.1, 0.15) is 11.5 Å². The molecule has 5 aromatic rings. The largest absolute Gasteiger partial charge is 0.508 e. The van der Waals surface area contributed by atoms with Crippen LogP contribution >= 0.6 is 0 Å². The van der Waals surface area contributed by atoms with Crippen molar-refractivity contribution in [2.75, 3.05) is 12.4 Å². The van der Waals surface area contributed by atoms with Gasteiger partial charge in [-0.05, 0) is 42.8 Å². The summed E-state index contributed by atoms with van der Waals surface area (Å²) in [5.41, 5.74) is 5.29. The molecule has 6 rings (SSSR count). The molecule has 2 aromatic heterocycles. The molecule has 1 aliphatic rings. The van der Waals surface area contributed by atoms with Crippen LogP contribution in [0.4, 0.5) is 5.69 Å². The number of nitrogens with zero attached hydrogens (tertiary/aromatic N) is 3. The maximum Gasteiger partial charge on any atom is 0.331 e. The molecule has 1 unspecified atom stereocenters. The van der Waals surface area contributed by atoms with E-state index in [4.69, 9.17) is 4.74 Å². The van der Waals surface area contributed by atoms with Gasteiger partial charge in [-0.15, -0.1) is 0 Å². The summed E-state index contributed by atoms with van der Waals surface area (Å²) in [6, 6.07) is 20.3. The van der Waals surface area contributed by atoms with E-state index in [1.54, 1.807) is 32.4 Å². The fourth-order valence-corrected chi connectivity index (χ4v) is 5.33. The zero-order valence-corrected chi connectivity index (χ0v) is 20.9. The fourth-order valence-electron chi connectivity index (χ4n) is 5.33. The van der Waals surface area contributed by atoms with Crippen molar-refractivity contribution in [1.29, 1.82) is 0 Å². The lowest BCUT2D eigenvalue weighted by Gasteiger charge is -2.31. The first-order valence-electron chi connectivity index (χ1n) is 12.0. The number of phenolic OH excluding ortho intramolecular Hbond substituents is 1. The van der Waals surface area contributed by atoms with E-state index in [1.807, 2.05) is 60.0 Å². The summed E-state index contributed by atoms with van der Waals surface area (Å²) in [6.07, 6.45) is 0. The number of nitrogens with one attached hydrogen (secondary N) is 1. The van der Waals surface area contributed by atoms with E-state index in [2.05, 4.69) is 5.32 Å². The Labute approximate surface area is 212 Å². The van der Waals surface area contributed by atoms with Gasteiger partial charge < -0.3 is 19.7 Å². The highest BCUT2D eigenvalue weighted by Gasteiger charge is 2.35. The molecule has 0 saturated carbocycles. The van der Waals surface area contributed by atoms with E-state index < -0.39 is 11.7 Å². The Hall–Kier alpha value is -4.72. The number of methoxy groups -OCH3 is 1. The number of aromatic hydroxyl groups is 1. The van der Waals surface area contributed by atoms with Crippen molar-refractivity contribution in [2.24, 2.45) is 14.1 Å². The third-order valence-electron chi connectivity index (χ3n) is 7.20. The Morgan fingerprint density at radius 2 is 1.68 bits per heavy atom. The average molecular weight is 495 g/mol. The van der Waals surface area contributed by atoms with Gasteiger partial charge in [-0.25, -0.2) is 4.79 Å². The highest BCUT2D eigenvalue weighted by atomic mass is 16.5. The van der Waals surface area contributed by atoms with Crippen molar-refractivity contribution in [2.45, 2.75) is 13.0 Å². The Kier molecular flexibility index (Phi) is 5.01. The molecule has 0 aliphatic carbocycles. The lowest BCUT2D eigenvalue weighted by molar-refractivity contribution is 0.410. The molecule has 0 saturated heterocycles. The van der Waals surface area contributed by atoms with Crippen LogP contribution in [0.2, 0.25) is 0 Å². The number of aryl methyl sites for hydroxylation is 2. The van der Waals surface area contributed by atoms with Crippen LogP contribution < -0.4 is 21.3 Å². The standard InChI is InChI=1S/C29H26N4O4/c1-16-9-11-17(12-10-16)25-23-26(31(2)29(36)32(3)28(23)35)27-24(19-15-18(37-4)13-14-22(19)34)30-20-7-5-6-8-21(20)33(25)27/h5-15,24,30,34H,1-4H3. The highest BCUT2D eigenvalue weighted by Crippen LogP contribution is 2.47. The number of phenols is 1. The fraction of sp³-hybridized carbons (Fsp3) is 0.172. The van der Waals surface area contributed by atoms with Crippen LogP contribution in [0, 0.1) is 6.92 Å². The van der Waals surface area contributed by atoms with Crippen molar-refractivity contribution in [3.05, 3.63) is 104 Å². The average Bonchev–Trinajstić information content (AvgIpc) is 3.28. The Balaban J connectivity index is 1.85. The minimum absolute atomic E-state index is 0.0734. The Morgan fingerprint density at radius 1 is 0.946 bits per heavy atom. The first-order valence-corrected chi connectivity index (χ1v) is 12.0. The number of aromatic nitrogens is 3. The van der Waals surface area contributed by atoms with Crippen LogP contribution in [0.25, 0.3) is 27.8 Å². The normalized spacial score (nSPS) is 14.2. The molecule has 3 heterocycles. The molecule has 1 atom stereocenters. The second-order valence-corrected chi connectivity index (χ2v) is 9.38. The second-order valence-electron chi connectivity index (χ2n) is 9.38. The molecule has 186 valence electrons. The SMILES string of the molecule is COc1ccc(O)c(C2Nc3ccccc3-n3c(-c4ccc(C)cc4)c4c(=O)n(C)c(=O)n(C)c4c32)c1. The maximum atomic E-state index is 13.7. The van der Waals surface area contributed by atoms with E-state index in [1.165, 1.54) is 11.6 Å². The monoisotopic (exact) mass is 494 g/mol. The zero-order valence-electron chi connectivity index (χ0n) is 20.9. The van der Waals surface area contributed by atoms with Gasteiger partial charge >= 0.3 is 5.69 Å². The van der Waals surface area contributed by atoms with Gasteiger partial charge in [0.2, 0.25) is 0 Å². The molecular formula is C29H26N4O4. The second kappa shape index (κ2) is 8.16. The molecular weight excluding hydrogens is 468 g/mol. The minimum Gasteiger partial charge on any atom is -0.508 e. The molecule has 8 nitrogen and oxygen atoms in total. The number of benzene rings is 3. The zero-order chi connectivity index (χ0) is 26.0.